The van der Waals surface area contributed by atoms with E-state index in [0.717, 1.165) is 28.1 Å². The van der Waals surface area contributed by atoms with Gasteiger partial charge in [-0.2, -0.15) is 0 Å². The molecule has 1 N–H and O–H groups in total. The predicted molar refractivity (Wildman–Crippen MR) is 133 cm³/mol. The van der Waals surface area contributed by atoms with Gasteiger partial charge in [-0.15, -0.1) is 10.2 Å². The third kappa shape index (κ3) is 4.43. The smallest absolute Gasteiger partial charge is 0.300 e. The number of fused-ring (bicyclic) bond motifs is 1. The molecule has 0 radical (unpaired) electrons. The number of rotatable bonds is 6. The average molecular weight is 462 g/mol. The molecular weight excluding hydrogens is 434 g/mol. The first-order valence-electron chi connectivity index (χ1n) is 10.9. The number of para-hydroxylation sites is 1. The molecule has 4 rings (SSSR count). The molecular formula is C25H27N5O2S. The van der Waals surface area contributed by atoms with Crippen molar-refractivity contribution in [2.24, 2.45) is 0 Å². The zero-order chi connectivity index (χ0) is 23.7. The van der Waals surface area contributed by atoms with Crippen molar-refractivity contribution in [3.63, 3.8) is 0 Å². The molecule has 2 heterocycles. The van der Waals surface area contributed by atoms with Crippen molar-refractivity contribution in [1.82, 2.24) is 19.2 Å². The summed E-state index contributed by atoms with van der Waals surface area (Å²) in [4.78, 5) is 26.1. The van der Waals surface area contributed by atoms with Gasteiger partial charge in [0.2, 0.25) is 11.6 Å². The lowest BCUT2D eigenvalue weighted by atomic mass is 10.1. The van der Waals surface area contributed by atoms with E-state index in [1.54, 1.807) is 21.4 Å². The van der Waals surface area contributed by atoms with E-state index in [9.17, 15) is 9.59 Å². The number of thioether (sulfide) groups is 1. The molecule has 7 nitrogen and oxygen atoms in total. The molecule has 4 aromatic rings. The molecule has 0 saturated heterocycles. The Hall–Kier alpha value is -3.39. The number of amides is 1. The fraction of sp³-hybridized carbons (Fsp3) is 0.280. The van der Waals surface area contributed by atoms with Crippen molar-refractivity contribution < 1.29 is 4.79 Å². The Labute approximate surface area is 196 Å². The summed E-state index contributed by atoms with van der Waals surface area (Å²) in [5.41, 5.74) is 5.89. The van der Waals surface area contributed by atoms with Gasteiger partial charge < -0.3 is 5.32 Å². The van der Waals surface area contributed by atoms with Crippen LogP contribution in [0.2, 0.25) is 0 Å². The Morgan fingerprint density at radius 2 is 1.73 bits per heavy atom. The third-order valence-corrected chi connectivity index (χ3v) is 7.17. The number of nitrogens with zero attached hydrogens (tertiary/aromatic N) is 4. The predicted octanol–water partition coefficient (Wildman–Crippen LogP) is 4.62. The van der Waals surface area contributed by atoms with Gasteiger partial charge >= 0.3 is 5.56 Å². The molecule has 0 aliphatic rings. The molecule has 1 atom stereocenters. The molecule has 0 aliphatic carbocycles. The molecule has 170 valence electrons. The maximum Gasteiger partial charge on any atom is 0.300 e. The van der Waals surface area contributed by atoms with E-state index in [1.165, 1.54) is 17.3 Å². The molecule has 0 bridgehead atoms. The van der Waals surface area contributed by atoms with Crippen LogP contribution in [0.15, 0.2) is 58.7 Å². The highest BCUT2D eigenvalue weighted by Crippen LogP contribution is 2.27. The van der Waals surface area contributed by atoms with Gasteiger partial charge in [-0.05, 0) is 68.5 Å². The molecule has 1 amide bonds. The fourth-order valence-corrected chi connectivity index (χ4v) is 4.63. The fourth-order valence-electron chi connectivity index (χ4n) is 3.69. The van der Waals surface area contributed by atoms with E-state index < -0.39 is 0 Å². The van der Waals surface area contributed by atoms with Gasteiger partial charge in [0.1, 0.15) is 0 Å². The highest BCUT2D eigenvalue weighted by Gasteiger charge is 2.23. The normalized spacial score (nSPS) is 12.2. The summed E-state index contributed by atoms with van der Waals surface area (Å²) in [6.07, 6.45) is 4.09. The molecule has 0 aliphatic heterocycles. The van der Waals surface area contributed by atoms with Gasteiger partial charge in [-0.1, -0.05) is 43.0 Å². The number of benzene rings is 2. The van der Waals surface area contributed by atoms with E-state index in [0.29, 0.717) is 11.6 Å². The summed E-state index contributed by atoms with van der Waals surface area (Å²) in [5, 5.41) is 11.5. The maximum atomic E-state index is 13.1. The summed E-state index contributed by atoms with van der Waals surface area (Å²) in [7, 11) is 0. The zero-order valence-corrected chi connectivity index (χ0v) is 20.2. The minimum atomic E-state index is -0.376. The first-order valence-corrected chi connectivity index (χ1v) is 11.8. The number of anilines is 1. The summed E-state index contributed by atoms with van der Waals surface area (Å²) in [6.45, 7) is 9.96. The molecule has 2 aromatic heterocycles. The van der Waals surface area contributed by atoms with Crippen LogP contribution in [0, 0.1) is 27.7 Å². The number of carbonyl (C=O) groups is 1. The molecule has 0 spiro atoms. The van der Waals surface area contributed by atoms with Crippen molar-refractivity contribution in [3.8, 4) is 5.69 Å². The van der Waals surface area contributed by atoms with Gasteiger partial charge in [0.15, 0.2) is 5.16 Å². The van der Waals surface area contributed by atoms with Crippen molar-refractivity contribution in [1.29, 1.82) is 0 Å². The Kier molecular flexibility index (Phi) is 6.37. The number of hydrogen-bond donors (Lipinski definition) is 1. The zero-order valence-electron chi connectivity index (χ0n) is 19.4. The van der Waals surface area contributed by atoms with E-state index in [2.05, 4.69) is 15.5 Å². The summed E-state index contributed by atoms with van der Waals surface area (Å²) < 4.78 is 3.22. The van der Waals surface area contributed by atoms with Crippen LogP contribution in [0.4, 0.5) is 5.69 Å². The number of aryl methyl sites for hydroxylation is 4. The molecule has 0 fully saturated rings. The monoisotopic (exact) mass is 461 g/mol. The molecule has 33 heavy (non-hydrogen) atoms. The SMILES string of the molecule is CC[C@H](Sc1nnc2c(=O)n(-c3ccc(C)c(C)c3)ccn12)C(=O)Nc1c(C)cccc1C. The second kappa shape index (κ2) is 9.23. The molecule has 0 saturated carbocycles. The Bertz CT molecular complexity index is 1390. The third-order valence-electron chi connectivity index (χ3n) is 5.85. The van der Waals surface area contributed by atoms with E-state index in [-0.39, 0.29) is 22.4 Å². The van der Waals surface area contributed by atoms with Gasteiger partial charge in [-0.3, -0.25) is 18.6 Å². The van der Waals surface area contributed by atoms with Crippen LogP contribution in [-0.2, 0) is 4.79 Å². The Balaban J connectivity index is 1.62. The van der Waals surface area contributed by atoms with Gasteiger partial charge in [0.25, 0.3) is 0 Å². The van der Waals surface area contributed by atoms with Crippen molar-refractivity contribution in [2.75, 3.05) is 5.32 Å². The van der Waals surface area contributed by atoms with Crippen molar-refractivity contribution in [3.05, 3.63) is 81.4 Å². The van der Waals surface area contributed by atoms with Crippen LogP contribution >= 0.6 is 11.8 Å². The number of aromatic nitrogens is 4. The molecule has 8 heteroatoms. The Morgan fingerprint density at radius 3 is 2.39 bits per heavy atom. The van der Waals surface area contributed by atoms with Crippen molar-refractivity contribution in [2.45, 2.75) is 51.4 Å². The summed E-state index contributed by atoms with van der Waals surface area (Å²) >= 11 is 1.31. The van der Waals surface area contributed by atoms with E-state index >= 15 is 0 Å². The largest absolute Gasteiger partial charge is 0.325 e. The maximum absolute atomic E-state index is 13.1. The van der Waals surface area contributed by atoms with Gasteiger partial charge in [0.05, 0.1) is 5.25 Å². The number of hydrogen-bond acceptors (Lipinski definition) is 5. The van der Waals surface area contributed by atoms with E-state index in [1.807, 2.05) is 71.0 Å². The quantitative estimate of drug-likeness (QED) is 0.424. The minimum absolute atomic E-state index is 0.0971. The van der Waals surface area contributed by atoms with Crippen LogP contribution < -0.4 is 10.9 Å². The second-order valence-corrected chi connectivity index (χ2v) is 9.36. The highest BCUT2D eigenvalue weighted by atomic mass is 32.2. The van der Waals surface area contributed by atoms with Crippen LogP contribution in [-0.4, -0.2) is 30.3 Å². The van der Waals surface area contributed by atoms with Gasteiger partial charge in [-0.25, -0.2) is 0 Å². The van der Waals surface area contributed by atoms with Crippen LogP contribution in [0.1, 0.15) is 35.6 Å². The van der Waals surface area contributed by atoms with Crippen LogP contribution in [0.25, 0.3) is 11.3 Å². The highest BCUT2D eigenvalue weighted by molar-refractivity contribution is 8.00. The lowest BCUT2D eigenvalue weighted by Crippen LogP contribution is -2.26. The summed E-state index contributed by atoms with van der Waals surface area (Å²) in [6, 6.07) is 11.8. The van der Waals surface area contributed by atoms with E-state index in [4.69, 9.17) is 0 Å². The topological polar surface area (TPSA) is 81.3 Å². The molecule has 0 unspecified atom stereocenters. The van der Waals surface area contributed by atoms with Crippen molar-refractivity contribution >= 4 is 29.0 Å². The molecule has 2 aromatic carbocycles. The Morgan fingerprint density at radius 1 is 1.00 bits per heavy atom. The summed E-state index contributed by atoms with van der Waals surface area (Å²) in [5.74, 6) is -0.0971. The minimum Gasteiger partial charge on any atom is -0.325 e. The van der Waals surface area contributed by atoms with Crippen LogP contribution in [0.5, 0.6) is 0 Å². The lowest BCUT2D eigenvalue weighted by Gasteiger charge is -2.16. The standard InChI is InChI=1S/C25H27N5O2S/c1-6-20(23(31)26-21-16(3)8-7-9-17(21)4)33-25-28-27-22-24(32)29(12-13-30(22)25)19-11-10-15(2)18(5)14-19/h7-14,20H,6H2,1-5H3,(H,26,31)/t20-/m0/s1. The second-order valence-electron chi connectivity index (χ2n) is 8.19. The first-order chi connectivity index (χ1) is 15.8. The average Bonchev–Trinajstić information content (AvgIpc) is 3.20. The van der Waals surface area contributed by atoms with Gasteiger partial charge in [0, 0.05) is 23.8 Å². The number of nitrogens with one attached hydrogen (secondary N) is 1. The number of carbonyl (C=O) groups excluding carboxylic acids is 1. The first kappa shape index (κ1) is 22.8. The lowest BCUT2D eigenvalue weighted by molar-refractivity contribution is -0.115. The van der Waals surface area contributed by atoms with Crippen LogP contribution in [0.3, 0.4) is 0 Å².